The molecule has 0 bridgehead atoms. The van der Waals surface area contributed by atoms with E-state index in [0.717, 1.165) is 12.2 Å². The van der Waals surface area contributed by atoms with E-state index in [2.05, 4.69) is 39.8 Å². The van der Waals surface area contributed by atoms with Crippen molar-refractivity contribution in [3.8, 4) is 0 Å². The van der Waals surface area contributed by atoms with Gasteiger partial charge in [0.1, 0.15) is 5.76 Å². The summed E-state index contributed by atoms with van der Waals surface area (Å²) in [5.74, 6) is 1.93. The predicted molar refractivity (Wildman–Crippen MR) is 66.7 cm³/mol. The highest BCUT2D eigenvalue weighted by molar-refractivity contribution is 5.29. The maximum Gasteiger partial charge on any atom is 0.103 e. The quantitative estimate of drug-likeness (QED) is 0.726. The van der Waals surface area contributed by atoms with Gasteiger partial charge in [0, 0.05) is 5.92 Å². The molecule has 0 aliphatic heterocycles. The summed E-state index contributed by atoms with van der Waals surface area (Å²) in [5.41, 5.74) is 1.25. The first kappa shape index (κ1) is 13.3. The lowest BCUT2D eigenvalue weighted by atomic mass is 9.86. The summed E-state index contributed by atoms with van der Waals surface area (Å²) in [4.78, 5) is 0. The van der Waals surface area contributed by atoms with Gasteiger partial charge in [0.05, 0.1) is 12.7 Å². The monoisotopic (exact) mass is 223 g/mol. The van der Waals surface area contributed by atoms with E-state index in [-0.39, 0.29) is 12.7 Å². The van der Waals surface area contributed by atoms with Crippen LogP contribution in [0.25, 0.3) is 0 Å². The molecule has 0 heterocycles. The van der Waals surface area contributed by atoms with Crippen LogP contribution in [-0.2, 0) is 4.74 Å². The van der Waals surface area contributed by atoms with Crippen LogP contribution in [-0.4, -0.2) is 17.8 Å². The molecule has 1 aliphatic rings. The van der Waals surface area contributed by atoms with Crippen molar-refractivity contribution in [2.24, 2.45) is 11.8 Å². The molecule has 1 aliphatic carbocycles. The Morgan fingerprint density at radius 1 is 1.50 bits per heavy atom. The smallest absolute Gasteiger partial charge is 0.103 e. The van der Waals surface area contributed by atoms with Gasteiger partial charge in [-0.1, -0.05) is 32.9 Å². The van der Waals surface area contributed by atoms with Crippen LogP contribution in [0.2, 0.25) is 0 Å². The van der Waals surface area contributed by atoms with Gasteiger partial charge in [-0.05, 0) is 17.9 Å². The first-order valence-corrected chi connectivity index (χ1v) is 6.12. The third kappa shape index (κ3) is 2.88. The maximum atomic E-state index is 9.16. The van der Waals surface area contributed by atoms with Crippen LogP contribution in [0.5, 0.6) is 0 Å². The van der Waals surface area contributed by atoms with Crippen molar-refractivity contribution in [3.05, 3.63) is 30.4 Å². The molecule has 0 aromatic rings. The van der Waals surface area contributed by atoms with Crippen molar-refractivity contribution in [1.29, 1.82) is 0 Å². The molecule has 3 atom stereocenters. The van der Waals surface area contributed by atoms with Gasteiger partial charge in [-0.25, -0.2) is 0 Å². The third-order valence-electron chi connectivity index (χ3n) is 3.32. The normalized spacial score (nSPS) is 27.1. The number of rotatable bonds is 5. The zero-order chi connectivity index (χ0) is 12.1. The summed E-state index contributed by atoms with van der Waals surface area (Å²) in [6.07, 6.45) is 5.78. The van der Waals surface area contributed by atoms with Gasteiger partial charge in [-0.3, -0.25) is 0 Å². The molecular formula is C14H23O2-. The van der Waals surface area contributed by atoms with Crippen LogP contribution in [0.15, 0.2) is 23.5 Å². The van der Waals surface area contributed by atoms with Crippen molar-refractivity contribution in [1.82, 2.24) is 0 Å². The zero-order valence-corrected chi connectivity index (χ0v) is 10.6. The average molecular weight is 223 g/mol. The summed E-state index contributed by atoms with van der Waals surface area (Å²) in [6, 6.07) is 0. The van der Waals surface area contributed by atoms with Crippen LogP contribution >= 0.6 is 0 Å². The molecule has 16 heavy (non-hydrogen) atoms. The van der Waals surface area contributed by atoms with E-state index >= 15 is 0 Å². The van der Waals surface area contributed by atoms with E-state index < -0.39 is 0 Å². The Balaban J connectivity index is 2.86. The number of hydrogen-bond donors (Lipinski definition) is 1. The molecule has 1 N–H and O–H groups in total. The number of ether oxygens (including phenoxy) is 1. The summed E-state index contributed by atoms with van der Waals surface area (Å²) >= 11 is 0. The predicted octanol–water partition coefficient (Wildman–Crippen LogP) is 3.09. The van der Waals surface area contributed by atoms with E-state index in [1.165, 1.54) is 5.57 Å². The Labute approximate surface area is 99.0 Å². The first-order valence-electron chi connectivity index (χ1n) is 6.12. The largest absolute Gasteiger partial charge is 0.494 e. The molecule has 0 saturated heterocycles. The molecule has 0 aromatic heterocycles. The molecule has 0 spiro atoms. The Kier molecular flexibility index (Phi) is 5.07. The van der Waals surface area contributed by atoms with Crippen LogP contribution in [0.4, 0.5) is 0 Å². The Hall–Kier alpha value is -0.760. The van der Waals surface area contributed by atoms with Gasteiger partial charge in [0.15, 0.2) is 0 Å². The summed E-state index contributed by atoms with van der Waals surface area (Å²) in [5, 5.41) is 9.16. The summed E-state index contributed by atoms with van der Waals surface area (Å²) < 4.78 is 5.89. The van der Waals surface area contributed by atoms with Gasteiger partial charge >= 0.3 is 0 Å². The fourth-order valence-electron chi connectivity index (χ4n) is 1.89. The number of hydrogen-bond acceptors (Lipinski definition) is 2. The second-order valence-corrected chi connectivity index (χ2v) is 4.46. The topological polar surface area (TPSA) is 29.5 Å². The van der Waals surface area contributed by atoms with Crippen molar-refractivity contribution in [2.75, 3.05) is 6.61 Å². The lowest BCUT2D eigenvalue weighted by Gasteiger charge is -2.30. The number of aliphatic hydroxyl groups excluding tert-OH is 1. The zero-order valence-electron chi connectivity index (χ0n) is 10.6. The van der Waals surface area contributed by atoms with Crippen LogP contribution in [0, 0.1) is 18.8 Å². The Bertz CT molecular complexity index is 274. The van der Waals surface area contributed by atoms with Crippen molar-refractivity contribution < 1.29 is 9.84 Å². The minimum atomic E-state index is -0.169. The van der Waals surface area contributed by atoms with E-state index in [9.17, 15) is 0 Å². The van der Waals surface area contributed by atoms with Gasteiger partial charge < -0.3 is 16.8 Å². The molecule has 0 amide bonds. The fraction of sp³-hybridized carbons (Fsp3) is 0.643. The molecule has 2 heteroatoms. The molecule has 1 rings (SSSR count). The number of allylic oxidation sites excluding steroid dienone is 4. The third-order valence-corrected chi connectivity index (χ3v) is 3.32. The lowest BCUT2D eigenvalue weighted by molar-refractivity contribution is 0.0409. The SMILES string of the molecule is [CH2-]CC(CO)OC1=C(CC)C=CC(C)C1C. The minimum absolute atomic E-state index is 0.0365. The molecular weight excluding hydrogens is 200 g/mol. The van der Waals surface area contributed by atoms with Crippen molar-refractivity contribution in [2.45, 2.75) is 39.7 Å². The molecule has 0 radical (unpaired) electrons. The van der Waals surface area contributed by atoms with Gasteiger partial charge in [-0.15, -0.1) is 6.42 Å². The highest BCUT2D eigenvalue weighted by atomic mass is 16.5. The van der Waals surface area contributed by atoms with Crippen LogP contribution in [0.1, 0.15) is 33.6 Å². The molecule has 0 fully saturated rings. The first-order chi connectivity index (χ1) is 7.63. The fourth-order valence-corrected chi connectivity index (χ4v) is 1.89. The van der Waals surface area contributed by atoms with Gasteiger partial charge in [0.2, 0.25) is 0 Å². The van der Waals surface area contributed by atoms with Gasteiger partial charge in [-0.2, -0.15) is 0 Å². The molecule has 3 unspecified atom stereocenters. The minimum Gasteiger partial charge on any atom is -0.494 e. The van der Waals surface area contributed by atoms with Crippen LogP contribution < -0.4 is 0 Å². The second-order valence-electron chi connectivity index (χ2n) is 4.46. The molecule has 0 aromatic carbocycles. The standard InChI is InChI=1S/C14H23O2/c1-5-12-8-7-10(3)11(4)14(12)16-13(6-2)9-15/h7-8,10-11,13,15H,2,5-6,9H2,1,3-4H3/q-1. The lowest BCUT2D eigenvalue weighted by Crippen LogP contribution is -2.23. The average Bonchev–Trinajstić information content (AvgIpc) is 2.31. The van der Waals surface area contributed by atoms with Crippen LogP contribution in [0.3, 0.4) is 0 Å². The second kappa shape index (κ2) is 6.09. The molecule has 92 valence electrons. The molecule has 0 saturated carbocycles. The molecule has 2 nitrogen and oxygen atoms in total. The maximum absolute atomic E-state index is 9.16. The van der Waals surface area contributed by atoms with E-state index in [0.29, 0.717) is 18.3 Å². The summed E-state index contributed by atoms with van der Waals surface area (Å²) in [7, 11) is 0. The van der Waals surface area contributed by atoms with E-state index in [1.54, 1.807) is 0 Å². The van der Waals surface area contributed by atoms with Crippen molar-refractivity contribution >= 4 is 0 Å². The highest BCUT2D eigenvalue weighted by Gasteiger charge is 2.23. The summed E-state index contributed by atoms with van der Waals surface area (Å²) in [6.45, 7) is 10.3. The van der Waals surface area contributed by atoms with E-state index in [1.807, 2.05) is 0 Å². The number of aliphatic hydroxyl groups is 1. The van der Waals surface area contributed by atoms with Crippen molar-refractivity contribution in [3.63, 3.8) is 0 Å². The Morgan fingerprint density at radius 3 is 2.69 bits per heavy atom. The highest BCUT2D eigenvalue weighted by Crippen LogP contribution is 2.32. The van der Waals surface area contributed by atoms with Gasteiger partial charge in [0.25, 0.3) is 0 Å². The van der Waals surface area contributed by atoms with E-state index in [4.69, 9.17) is 9.84 Å². The Morgan fingerprint density at radius 2 is 2.19 bits per heavy atom.